The van der Waals surface area contributed by atoms with Crippen LogP contribution in [-0.4, -0.2) is 34.8 Å². The van der Waals surface area contributed by atoms with Gasteiger partial charge in [0, 0.05) is 29.6 Å². The molecule has 0 fully saturated rings. The number of ether oxygens (including phenoxy) is 3. The van der Waals surface area contributed by atoms with E-state index in [1.807, 2.05) is 6.92 Å². The van der Waals surface area contributed by atoms with Gasteiger partial charge in [-0.3, -0.25) is 4.98 Å². The minimum absolute atomic E-state index is 0.0263. The molecule has 0 aliphatic rings. The van der Waals surface area contributed by atoms with Crippen LogP contribution in [0.3, 0.4) is 0 Å². The van der Waals surface area contributed by atoms with E-state index in [0.717, 1.165) is 29.5 Å². The minimum atomic E-state index is -5.21. The fraction of sp³-hybridized carbons (Fsp3) is 0.294. The molecule has 0 amide bonds. The fourth-order valence-corrected chi connectivity index (χ4v) is 3.44. The van der Waals surface area contributed by atoms with E-state index in [2.05, 4.69) is 24.4 Å². The van der Waals surface area contributed by atoms with Gasteiger partial charge in [-0.25, -0.2) is 4.98 Å². The van der Waals surface area contributed by atoms with Crippen molar-refractivity contribution in [2.24, 2.45) is 0 Å². The van der Waals surface area contributed by atoms with Gasteiger partial charge in [0.15, 0.2) is 16.7 Å². The van der Waals surface area contributed by atoms with Gasteiger partial charge in [0.25, 0.3) is 0 Å². The summed E-state index contributed by atoms with van der Waals surface area (Å²) in [5.41, 5.74) is 1.50. The molecule has 0 spiro atoms. The van der Waals surface area contributed by atoms with Gasteiger partial charge >= 0.3 is 12.7 Å². The monoisotopic (exact) mass is 453 g/mol. The third kappa shape index (κ3) is 5.40. The largest absolute Gasteiger partial charge is 0.573 e. The standard InChI is InChI=1S/C17H13F6N3O3S/c1-8-11(24-4-3-12(8)27-2)7-30-15-25-9-5-13(28-16(18,19)20)14(6-10(9)26-15)29-17(21,22)23/h3-6H,7H2,1-2H3,(H,25,26). The van der Waals surface area contributed by atoms with Crippen molar-refractivity contribution in [1.29, 1.82) is 0 Å². The van der Waals surface area contributed by atoms with Gasteiger partial charge in [-0.1, -0.05) is 11.8 Å². The molecule has 0 aliphatic carbocycles. The lowest BCUT2D eigenvalue weighted by molar-refractivity contribution is -0.287. The summed E-state index contributed by atoms with van der Waals surface area (Å²) in [6, 6.07) is 3.16. The van der Waals surface area contributed by atoms with Gasteiger partial charge in [0.05, 0.1) is 23.8 Å². The van der Waals surface area contributed by atoms with Crippen LogP contribution in [0.2, 0.25) is 0 Å². The Kier molecular flexibility index (Phi) is 5.92. The van der Waals surface area contributed by atoms with E-state index >= 15 is 0 Å². The average molecular weight is 453 g/mol. The Morgan fingerprint density at radius 2 is 1.63 bits per heavy atom. The van der Waals surface area contributed by atoms with Crippen molar-refractivity contribution in [3.63, 3.8) is 0 Å². The maximum absolute atomic E-state index is 12.6. The highest BCUT2D eigenvalue weighted by molar-refractivity contribution is 7.98. The number of halogens is 6. The van der Waals surface area contributed by atoms with Gasteiger partial charge < -0.3 is 19.2 Å². The molecule has 6 nitrogen and oxygen atoms in total. The van der Waals surface area contributed by atoms with Crippen LogP contribution in [0.25, 0.3) is 11.0 Å². The minimum Gasteiger partial charge on any atom is -0.496 e. The third-order valence-electron chi connectivity index (χ3n) is 3.80. The van der Waals surface area contributed by atoms with E-state index in [1.54, 1.807) is 12.3 Å². The molecular formula is C17H13F6N3O3S. The number of thioether (sulfide) groups is 1. The highest BCUT2D eigenvalue weighted by atomic mass is 32.2. The first kappa shape index (κ1) is 21.9. The van der Waals surface area contributed by atoms with Crippen LogP contribution >= 0.6 is 11.8 Å². The number of nitrogens with zero attached hydrogens (tertiary/aromatic N) is 2. The lowest BCUT2D eigenvalue weighted by atomic mass is 10.2. The molecule has 0 saturated heterocycles. The first-order chi connectivity index (χ1) is 13.9. The summed E-state index contributed by atoms with van der Waals surface area (Å²) < 4.78 is 87.9. The number of aromatic nitrogens is 3. The number of nitrogens with one attached hydrogen (secondary N) is 1. The SMILES string of the molecule is COc1ccnc(CSc2nc3cc(OC(F)(F)F)c(OC(F)(F)F)cc3[nH]2)c1C. The molecule has 3 rings (SSSR count). The molecule has 0 saturated carbocycles. The molecule has 0 atom stereocenters. The number of benzene rings is 1. The summed E-state index contributed by atoms with van der Waals surface area (Å²) >= 11 is 1.16. The molecule has 3 aromatic rings. The maximum atomic E-state index is 12.6. The molecule has 13 heteroatoms. The molecule has 0 bridgehead atoms. The molecule has 1 N–H and O–H groups in total. The normalized spacial score (nSPS) is 12.3. The molecular weight excluding hydrogens is 440 g/mol. The van der Waals surface area contributed by atoms with Gasteiger partial charge in [0.1, 0.15) is 5.75 Å². The van der Waals surface area contributed by atoms with Gasteiger partial charge in [-0.05, 0) is 13.0 Å². The first-order valence-electron chi connectivity index (χ1n) is 8.11. The van der Waals surface area contributed by atoms with E-state index in [0.29, 0.717) is 17.2 Å². The number of methoxy groups -OCH3 is 1. The topological polar surface area (TPSA) is 69.3 Å². The van der Waals surface area contributed by atoms with Crippen LogP contribution in [0.1, 0.15) is 11.3 Å². The molecule has 0 radical (unpaired) electrons. The zero-order valence-electron chi connectivity index (χ0n) is 15.3. The highest BCUT2D eigenvalue weighted by Crippen LogP contribution is 2.39. The number of H-pyrrole nitrogens is 1. The Labute approximate surface area is 169 Å². The number of aromatic amines is 1. The van der Waals surface area contributed by atoms with Crippen molar-refractivity contribution in [2.75, 3.05) is 7.11 Å². The Morgan fingerprint density at radius 3 is 2.23 bits per heavy atom. The predicted octanol–water partition coefficient (Wildman–Crippen LogP) is 5.36. The predicted molar refractivity (Wildman–Crippen MR) is 94.5 cm³/mol. The zero-order valence-corrected chi connectivity index (χ0v) is 16.1. The van der Waals surface area contributed by atoms with E-state index in [9.17, 15) is 26.3 Å². The number of rotatable bonds is 6. The van der Waals surface area contributed by atoms with Gasteiger partial charge in [0.2, 0.25) is 0 Å². The smallest absolute Gasteiger partial charge is 0.496 e. The van der Waals surface area contributed by atoms with Crippen molar-refractivity contribution in [2.45, 2.75) is 30.6 Å². The lowest BCUT2D eigenvalue weighted by Crippen LogP contribution is -2.21. The molecule has 0 aliphatic heterocycles. The summed E-state index contributed by atoms with van der Waals surface area (Å²) in [7, 11) is 1.51. The zero-order chi connectivity index (χ0) is 22.1. The second-order valence-corrected chi connectivity index (χ2v) is 6.79. The van der Waals surface area contributed by atoms with Crippen molar-refractivity contribution < 1.29 is 40.6 Å². The quantitative estimate of drug-likeness (QED) is 0.400. The molecule has 1 aromatic carbocycles. The van der Waals surface area contributed by atoms with E-state index in [-0.39, 0.29) is 16.2 Å². The number of fused-ring (bicyclic) bond motifs is 1. The van der Waals surface area contributed by atoms with Crippen LogP contribution in [-0.2, 0) is 5.75 Å². The second kappa shape index (κ2) is 8.13. The first-order valence-corrected chi connectivity index (χ1v) is 9.10. The number of hydrogen-bond donors (Lipinski definition) is 1. The summed E-state index contributed by atoms with van der Waals surface area (Å²) in [4.78, 5) is 11.1. The second-order valence-electron chi connectivity index (χ2n) is 5.83. The Morgan fingerprint density at radius 1 is 1.00 bits per heavy atom. The summed E-state index contributed by atoms with van der Waals surface area (Å²) in [5.74, 6) is -1.33. The Hall–Kier alpha value is -2.83. The van der Waals surface area contributed by atoms with Crippen LogP contribution in [0.4, 0.5) is 26.3 Å². The lowest BCUT2D eigenvalue weighted by Gasteiger charge is -2.15. The summed E-state index contributed by atoms with van der Waals surface area (Å²) in [6.45, 7) is 1.81. The van der Waals surface area contributed by atoms with Gasteiger partial charge in [-0.2, -0.15) is 0 Å². The number of hydrogen-bond acceptors (Lipinski definition) is 6. The fourth-order valence-electron chi connectivity index (χ4n) is 2.53. The number of pyridine rings is 1. The van der Waals surface area contributed by atoms with Crippen LogP contribution < -0.4 is 14.2 Å². The number of imidazole rings is 1. The van der Waals surface area contributed by atoms with Crippen molar-refractivity contribution in [1.82, 2.24) is 15.0 Å². The van der Waals surface area contributed by atoms with E-state index in [4.69, 9.17) is 4.74 Å². The van der Waals surface area contributed by atoms with Crippen molar-refractivity contribution in [3.8, 4) is 17.2 Å². The molecule has 30 heavy (non-hydrogen) atoms. The molecule has 0 unspecified atom stereocenters. The summed E-state index contributed by atoms with van der Waals surface area (Å²) in [6.07, 6.45) is -8.85. The van der Waals surface area contributed by atoms with E-state index < -0.39 is 24.2 Å². The van der Waals surface area contributed by atoms with Crippen molar-refractivity contribution >= 4 is 22.8 Å². The van der Waals surface area contributed by atoms with Crippen molar-refractivity contribution in [3.05, 3.63) is 35.7 Å². The molecule has 2 heterocycles. The third-order valence-corrected chi connectivity index (χ3v) is 4.69. The summed E-state index contributed by atoms with van der Waals surface area (Å²) in [5, 5.41) is 0.260. The Balaban J connectivity index is 1.89. The van der Waals surface area contributed by atoms with Crippen LogP contribution in [0.5, 0.6) is 17.2 Å². The Bertz CT molecular complexity index is 999. The van der Waals surface area contributed by atoms with Crippen LogP contribution in [0, 0.1) is 6.92 Å². The number of alkyl halides is 6. The molecule has 162 valence electrons. The molecule has 2 aromatic heterocycles. The highest BCUT2D eigenvalue weighted by Gasteiger charge is 2.37. The average Bonchev–Trinajstić information content (AvgIpc) is 3.00. The van der Waals surface area contributed by atoms with E-state index in [1.165, 1.54) is 7.11 Å². The van der Waals surface area contributed by atoms with Crippen LogP contribution in [0.15, 0.2) is 29.6 Å². The maximum Gasteiger partial charge on any atom is 0.573 e. The van der Waals surface area contributed by atoms with Gasteiger partial charge in [-0.15, -0.1) is 26.3 Å².